The minimum Gasteiger partial charge on any atom is -0.308 e. The molecule has 0 saturated heterocycles. The topological polar surface area (TPSA) is 67.2 Å². The molecule has 72 valence electrons. The van der Waals surface area contributed by atoms with Gasteiger partial charge in [0.1, 0.15) is 0 Å². The Morgan fingerprint density at radius 2 is 1.85 bits per heavy atom. The van der Waals surface area contributed by atoms with E-state index in [2.05, 4.69) is 10.4 Å². The SMILES string of the molecule is Cl.O=[N+]([O-])c1ccc(NNCl)cc1. The number of rotatable bonds is 3. The van der Waals surface area contributed by atoms with Crippen LogP contribution in [0.25, 0.3) is 0 Å². The molecule has 0 atom stereocenters. The van der Waals surface area contributed by atoms with Crippen molar-refractivity contribution in [2.24, 2.45) is 0 Å². The van der Waals surface area contributed by atoms with Gasteiger partial charge in [0.25, 0.3) is 5.69 Å². The van der Waals surface area contributed by atoms with Crippen molar-refractivity contribution in [1.82, 2.24) is 4.94 Å². The molecular formula is C6H7Cl2N3O2. The highest BCUT2D eigenvalue weighted by molar-refractivity contribution is 6.13. The highest BCUT2D eigenvalue weighted by Gasteiger charge is 2.02. The molecule has 0 saturated carbocycles. The molecule has 0 amide bonds. The van der Waals surface area contributed by atoms with Crippen molar-refractivity contribution in [2.45, 2.75) is 0 Å². The molecule has 0 unspecified atom stereocenters. The van der Waals surface area contributed by atoms with Gasteiger partial charge in [-0.1, -0.05) is 0 Å². The normalized spacial score (nSPS) is 8.69. The van der Waals surface area contributed by atoms with Crippen molar-refractivity contribution < 1.29 is 4.92 Å². The lowest BCUT2D eigenvalue weighted by Gasteiger charge is -1.99. The fourth-order valence-electron chi connectivity index (χ4n) is 0.721. The van der Waals surface area contributed by atoms with E-state index in [1.54, 1.807) is 12.1 Å². The summed E-state index contributed by atoms with van der Waals surface area (Å²) in [5.74, 6) is 0. The molecule has 0 spiro atoms. The van der Waals surface area contributed by atoms with E-state index < -0.39 is 4.92 Å². The second-order valence-electron chi connectivity index (χ2n) is 2.02. The predicted molar refractivity (Wildman–Crippen MR) is 53.0 cm³/mol. The van der Waals surface area contributed by atoms with Gasteiger partial charge in [0, 0.05) is 12.1 Å². The molecule has 0 fully saturated rings. The first-order valence-electron chi connectivity index (χ1n) is 3.10. The van der Waals surface area contributed by atoms with Crippen molar-refractivity contribution >= 4 is 35.6 Å². The Morgan fingerprint density at radius 3 is 2.23 bits per heavy atom. The summed E-state index contributed by atoms with van der Waals surface area (Å²) in [5.41, 5.74) is 3.28. The maximum atomic E-state index is 10.2. The summed E-state index contributed by atoms with van der Waals surface area (Å²) in [6.07, 6.45) is 0. The van der Waals surface area contributed by atoms with Gasteiger partial charge in [0.05, 0.1) is 10.6 Å². The van der Waals surface area contributed by atoms with E-state index in [-0.39, 0.29) is 18.1 Å². The maximum absolute atomic E-state index is 10.2. The van der Waals surface area contributed by atoms with Crippen LogP contribution in [0.3, 0.4) is 0 Å². The van der Waals surface area contributed by atoms with Gasteiger partial charge in [-0.05, 0) is 23.9 Å². The largest absolute Gasteiger partial charge is 0.308 e. The number of nitrogens with one attached hydrogen (secondary N) is 2. The molecule has 0 radical (unpaired) electrons. The van der Waals surface area contributed by atoms with Gasteiger partial charge in [-0.25, -0.2) is 0 Å². The molecule has 0 aliphatic rings. The number of anilines is 1. The smallest absolute Gasteiger partial charge is 0.269 e. The van der Waals surface area contributed by atoms with Gasteiger partial charge in [-0.15, -0.1) is 17.4 Å². The predicted octanol–water partition coefficient (Wildman–Crippen LogP) is 2.09. The molecule has 1 aromatic rings. The third kappa shape index (κ3) is 3.45. The highest BCUT2D eigenvalue weighted by Crippen LogP contribution is 2.14. The second-order valence-corrected chi connectivity index (χ2v) is 2.21. The molecule has 7 heteroatoms. The average molecular weight is 224 g/mol. The number of non-ortho nitro benzene ring substituents is 1. The van der Waals surface area contributed by atoms with Gasteiger partial charge in [0.15, 0.2) is 0 Å². The van der Waals surface area contributed by atoms with Crippen molar-refractivity contribution in [1.29, 1.82) is 0 Å². The molecule has 2 N–H and O–H groups in total. The number of benzene rings is 1. The van der Waals surface area contributed by atoms with Crippen molar-refractivity contribution in [2.75, 3.05) is 5.43 Å². The third-order valence-electron chi connectivity index (χ3n) is 1.27. The molecule has 1 aromatic carbocycles. The van der Waals surface area contributed by atoms with E-state index in [1.165, 1.54) is 12.1 Å². The minimum atomic E-state index is -0.460. The first-order chi connectivity index (χ1) is 5.74. The molecular weight excluding hydrogens is 217 g/mol. The van der Waals surface area contributed by atoms with Crippen LogP contribution in [0.4, 0.5) is 11.4 Å². The van der Waals surface area contributed by atoms with Crippen LogP contribution in [0, 0.1) is 10.1 Å². The summed E-state index contributed by atoms with van der Waals surface area (Å²) in [7, 11) is 0. The van der Waals surface area contributed by atoms with Crippen LogP contribution in [0.1, 0.15) is 0 Å². The highest BCUT2D eigenvalue weighted by atomic mass is 35.5. The van der Waals surface area contributed by atoms with Crippen LogP contribution in [0.15, 0.2) is 24.3 Å². The van der Waals surface area contributed by atoms with Crippen LogP contribution in [0.2, 0.25) is 0 Å². The van der Waals surface area contributed by atoms with Crippen molar-refractivity contribution in [3.63, 3.8) is 0 Å². The van der Waals surface area contributed by atoms with Gasteiger partial charge in [-0.2, -0.15) is 0 Å². The average Bonchev–Trinajstić information content (AvgIpc) is 2.06. The van der Waals surface area contributed by atoms with E-state index in [0.29, 0.717) is 5.69 Å². The number of nitro groups is 1. The van der Waals surface area contributed by atoms with E-state index in [1.807, 2.05) is 0 Å². The molecule has 1 rings (SSSR count). The van der Waals surface area contributed by atoms with E-state index in [4.69, 9.17) is 11.8 Å². The summed E-state index contributed by atoms with van der Waals surface area (Å²) in [5, 5.41) is 10.2. The fraction of sp³-hybridized carbons (Fsp3) is 0. The summed E-state index contributed by atoms with van der Waals surface area (Å²) in [4.78, 5) is 11.9. The monoisotopic (exact) mass is 223 g/mol. The lowest BCUT2D eigenvalue weighted by molar-refractivity contribution is -0.384. The number of nitro benzene ring substituents is 1. The zero-order chi connectivity index (χ0) is 8.97. The van der Waals surface area contributed by atoms with E-state index in [0.717, 1.165) is 0 Å². The molecule has 0 aliphatic heterocycles. The van der Waals surface area contributed by atoms with Gasteiger partial charge >= 0.3 is 0 Å². The molecule has 0 bridgehead atoms. The third-order valence-corrected chi connectivity index (χ3v) is 1.36. The van der Waals surface area contributed by atoms with Crippen molar-refractivity contribution in [3.05, 3.63) is 34.4 Å². The first kappa shape index (κ1) is 12.0. The number of hydrogen-bond acceptors (Lipinski definition) is 4. The van der Waals surface area contributed by atoms with Crippen LogP contribution in [-0.4, -0.2) is 4.92 Å². The summed E-state index contributed by atoms with van der Waals surface area (Å²) >= 11 is 5.14. The summed E-state index contributed by atoms with van der Waals surface area (Å²) in [6.45, 7) is 0. The van der Waals surface area contributed by atoms with Crippen molar-refractivity contribution in [3.8, 4) is 0 Å². The molecule has 0 aromatic heterocycles. The van der Waals surface area contributed by atoms with Gasteiger partial charge < -0.3 is 5.43 Å². The summed E-state index contributed by atoms with van der Waals surface area (Å²) in [6, 6.07) is 5.87. The van der Waals surface area contributed by atoms with Gasteiger partial charge in [0.2, 0.25) is 0 Å². The van der Waals surface area contributed by atoms with E-state index in [9.17, 15) is 10.1 Å². The maximum Gasteiger partial charge on any atom is 0.269 e. The Hall–Kier alpha value is -1.04. The van der Waals surface area contributed by atoms with Crippen LogP contribution in [-0.2, 0) is 0 Å². The van der Waals surface area contributed by atoms with Crippen LogP contribution >= 0.6 is 24.2 Å². The standard InChI is InChI=1S/C6H6ClN3O2.ClH/c7-9-8-5-1-3-6(4-2-5)10(11)12;/h1-4,8-9H;1H. The zero-order valence-corrected chi connectivity index (χ0v) is 7.93. The molecule has 5 nitrogen and oxygen atoms in total. The Kier molecular flexibility index (Phi) is 5.13. The Bertz CT molecular complexity index is 278. The van der Waals surface area contributed by atoms with Crippen LogP contribution in [0.5, 0.6) is 0 Å². The van der Waals surface area contributed by atoms with E-state index >= 15 is 0 Å². The Morgan fingerprint density at radius 1 is 1.31 bits per heavy atom. The Labute approximate surface area is 85.7 Å². The molecule has 0 heterocycles. The summed E-state index contributed by atoms with van der Waals surface area (Å²) < 4.78 is 0. The minimum absolute atomic E-state index is 0. The second kappa shape index (κ2) is 5.58. The fourth-order valence-corrected chi connectivity index (χ4v) is 0.830. The number of hydrogen-bond donors (Lipinski definition) is 2. The quantitative estimate of drug-likeness (QED) is 0.468. The zero-order valence-electron chi connectivity index (χ0n) is 6.36. The number of halogens is 2. The lowest BCUT2D eigenvalue weighted by atomic mass is 10.3. The number of hydrazine groups is 1. The Balaban J connectivity index is 0.00000144. The first-order valence-corrected chi connectivity index (χ1v) is 3.48. The molecule has 13 heavy (non-hydrogen) atoms. The lowest BCUT2D eigenvalue weighted by Crippen LogP contribution is -2.08. The number of nitrogens with zero attached hydrogens (tertiary/aromatic N) is 1. The molecule has 0 aliphatic carbocycles. The van der Waals surface area contributed by atoms with Crippen LogP contribution < -0.4 is 10.4 Å². The van der Waals surface area contributed by atoms with Gasteiger partial charge in [-0.3, -0.25) is 10.1 Å².